The largest absolute Gasteiger partial charge is 0.464 e. The van der Waals surface area contributed by atoms with Crippen molar-refractivity contribution in [2.45, 2.75) is 32.7 Å². The van der Waals surface area contributed by atoms with E-state index in [0.717, 1.165) is 5.56 Å². The first-order chi connectivity index (χ1) is 7.39. The molecule has 4 nitrogen and oxygen atoms in total. The van der Waals surface area contributed by atoms with Gasteiger partial charge < -0.3 is 5.11 Å². The first-order valence-corrected chi connectivity index (χ1v) is 5.21. The van der Waals surface area contributed by atoms with E-state index in [4.69, 9.17) is 5.11 Å². The molecule has 0 heterocycles. The van der Waals surface area contributed by atoms with Crippen LogP contribution in [0.5, 0.6) is 0 Å². The van der Waals surface area contributed by atoms with E-state index in [1.807, 2.05) is 12.1 Å². The molecule has 0 aliphatic rings. The summed E-state index contributed by atoms with van der Waals surface area (Å²) in [5, 5.41) is 8.37. The van der Waals surface area contributed by atoms with Gasteiger partial charge in [0.15, 0.2) is 0 Å². The van der Waals surface area contributed by atoms with E-state index in [0.29, 0.717) is 6.54 Å². The summed E-state index contributed by atoms with van der Waals surface area (Å²) >= 11 is 0. The third kappa shape index (κ3) is 3.90. The Balaban J connectivity index is 2.55. The SMILES string of the molecule is CC(C)(C)c1ccc(CNNC(=O)O)cc1. The molecule has 3 N–H and O–H groups in total. The highest BCUT2D eigenvalue weighted by atomic mass is 16.4. The molecule has 0 unspecified atom stereocenters. The zero-order chi connectivity index (χ0) is 12.2. The fourth-order valence-electron chi connectivity index (χ4n) is 1.34. The molecule has 0 bridgehead atoms. The molecule has 1 aromatic carbocycles. The van der Waals surface area contributed by atoms with Crippen molar-refractivity contribution in [1.82, 2.24) is 10.9 Å². The van der Waals surface area contributed by atoms with Gasteiger partial charge in [0.1, 0.15) is 0 Å². The van der Waals surface area contributed by atoms with Crippen LogP contribution >= 0.6 is 0 Å². The molecule has 0 fully saturated rings. The van der Waals surface area contributed by atoms with Crippen molar-refractivity contribution < 1.29 is 9.90 Å². The summed E-state index contributed by atoms with van der Waals surface area (Å²) < 4.78 is 0. The zero-order valence-electron chi connectivity index (χ0n) is 9.87. The maximum atomic E-state index is 10.2. The molecule has 0 atom stereocenters. The predicted octanol–water partition coefficient (Wildman–Crippen LogP) is 2.26. The number of carboxylic acid groups (broad SMARTS) is 1. The van der Waals surface area contributed by atoms with Gasteiger partial charge in [-0.25, -0.2) is 10.2 Å². The quantitative estimate of drug-likeness (QED) is 0.687. The van der Waals surface area contributed by atoms with E-state index in [1.165, 1.54) is 5.56 Å². The molecule has 1 aromatic rings. The van der Waals surface area contributed by atoms with Crippen molar-refractivity contribution in [3.63, 3.8) is 0 Å². The van der Waals surface area contributed by atoms with Crippen LogP contribution in [0, 0.1) is 0 Å². The summed E-state index contributed by atoms with van der Waals surface area (Å²) in [5.74, 6) is 0. The Bertz CT molecular complexity index is 352. The zero-order valence-corrected chi connectivity index (χ0v) is 9.87. The summed E-state index contributed by atoms with van der Waals surface area (Å²) in [7, 11) is 0. The number of rotatable bonds is 3. The highest BCUT2D eigenvalue weighted by Crippen LogP contribution is 2.21. The molecule has 16 heavy (non-hydrogen) atoms. The molecule has 0 spiro atoms. The topological polar surface area (TPSA) is 61.4 Å². The van der Waals surface area contributed by atoms with E-state index < -0.39 is 6.09 Å². The number of amides is 1. The molecular weight excluding hydrogens is 204 g/mol. The molecule has 88 valence electrons. The maximum Gasteiger partial charge on any atom is 0.419 e. The van der Waals surface area contributed by atoms with Gasteiger partial charge in [-0.15, -0.1) is 0 Å². The van der Waals surface area contributed by atoms with Crippen LogP contribution in [0.4, 0.5) is 4.79 Å². The summed E-state index contributed by atoms with van der Waals surface area (Å²) in [5.41, 5.74) is 7.17. The molecule has 0 aliphatic heterocycles. The Kier molecular flexibility index (Phi) is 3.90. The standard InChI is InChI=1S/C12H18N2O2/c1-12(2,3)10-6-4-9(5-7-10)8-13-14-11(15)16/h4-7,13-14H,8H2,1-3H3,(H,15,16). The molecule has 0 aliphatic carbocycles. The van der Waals surface area contributed by atoms with E-state index in [9.17, 15) is 4.79 Å². The summed E-state index contributed by atoms with van der Waals surface area (Å²) in [6.07, 6.45) is -1.08. The average molecular weight is 222 g/mol. The Morgan fingerprint density at radius 1 is 1.25 bits per heavy atom. The third-order valence-corrected chi connectivity index (χ3v) is 2.31. The maximum absolute atomic E-state index is 10.2. The van der Waals surface area contributed by atoms with Gasteiger partial charge in [-0.2, -0.15) is 0 Å². The van der Waals surface area contributed by atoms with Gasteiger partial charge in [-0.3, -0.25) is 5.43 Å². The lowest BCUT2D eigenvalue weighted by Gasteiger charge is -2.19. The van der Waals surface area contributed by atoms with Crippen LogP contribution in [0.25, 0.3) is 0 Å². The monoisotopic (exact) mass is 222 g/mol. The second-order valence-corrected chi connectivity index (χ2v) is 4.73. The van der Waals surface area contributed by atoms with Crippen LogP contribution in [-0.4, -0.2) is 11.2 Å². The van der Waals surface area contributed by atoms with Gasteiger partial charge >= 0.3 is 6.09 Å². The number of hydrogen-bond acceptors (Lipinski definition) is 2. The lowest BCUT2D eigenvalue weighted by molar-refractivity contribution is 0.189. The van der Waals surface area contributed by atoms with Crippen LogP contribution in [0.1, 0.15) is 31.9 Å². The first-order valence-electron chi connectivity index (χ1n) is 5.21. The van der Waals surface area contributed by atoms with Gasteiger partial charge in [0, 0.05) is 6.54 Å². The van der Waals surface area contributed by atoms with Gasteiger partial charge in [0.25, 0.3) is 0 Å². The summed E-state index contributed by atoms with van der Waals surface area (Å²) in [6.45, 7) is 6.96. The first kappa shape index (κ1) is 12.5. The molecule has 0 saturated heterocycles. The lowest BCUT2D eigenvalue weighted by Crippen LogP contribution is -2.35. The summed E-state index contributed by atoms with van der Waals surface area (Å²) in [6, 6.07) is 8.13. The predicted molar refractivity (Wildman–Crippen MR) is 63.1 cm³/mol. The van der Waals surface area contributed by atoms with Crippen molar-refractivity contribution in [3.05, 3.63) is 35.4 Å². The average Bonchev–Trinajstić information content (AvgIpc) is 2.16. The van der Waals surface area contributed by atoms with Crippen LogP contribution in [-0.2, 0) is 12.0 Å². The molecule has 0 radical (unpaired) electrons. The molecule has 0 aromatic heterocycles. The number of benzene rings is 1. The molecule has 0 saturated carbocycles. The van der Waals surface area contributed by atoms with Crippen molar-refractivity contribution >= 4 is 6.09 Å². The van der Waals surface area contributed by atoms with E-state index in [2.05, 4.69) is 43.8 Å². The fraction of sp³-hybridized carbons (Fsp3) is 0.417. The smallest absolute Gasteiger partial charge is 0.419 e. The highest BCUT2D eigenvalue weighted by molar-refractivity contribution is 5.63. The Morgan fingerprint density at radius 2 is 1.81 bits per heavy atom. The number of nitrogens with one attached hydrogen (secondary N) is 2. The van der Waals surface area contributed by atoms with Gasteiger partial charge in [0.05, 0.1) is 0 Å². The van der Waals surface area contributed by atoms with E-state index in [1.54, 1.807) is 0 Å². The number of hydrogen-bond donors (Lipinski definition) is 3. The fourth-order valence-corrected chi connectivity index (χ4v) is 1.34. The Hall–Kier alpha value is -1.55. The van der Waals surface area contributed by atoms with Crippen LogP contribution < -0.4 is 10.9 Å². The van der Waals surface area contributed by atoms with Crippen LogP contribution in [0.3, 0.4) is 0 Å². The molecule has 1 amide bonds. The summed E-state index contributed by atoms with van der Waals surface area (Å²) in [4.78, 5) is 10.2. The highest BCUT2D eigenvalue weighted by Gasteiger charge is 2.12. The third-order valence-electron chi connectivity index (χ3n) is 2.31. The Morgan fingerprint density at radius 3 is 2.25 bits per heavy atom. The van der Waals surface area contributed by atoms with E-state index >= 15 is 0 Å². The van der Waals surface area contributed by atoms with Gasteiger partial charge in [0.2, 0.25) is 0 Å². The normalized spacial score (nSPS) is 11.2. The van der Waals surface area contributed by atoms with Crippen molar-refractivity contribution in [2.24, 2.45) is 0 Å². The van der Waals surface area contributed by atoms with Crippen molar-refractivity contribution in [3.8, 4) is 0 Å². The van der Waals surface area contributed by atoms with Crippen molar-refractivity contribution in [1.29, 1.82) is 0 Å². The van der Waals surface area contributed by atoms with Crippen LogP contribution in [0.15, 0.2) is 24.3 Å². The minimum atomic E-state index is -1.08. The Labute approximate surface area is 95.6 Å². The second kappa shape index (κ2) is 4.99. The van der Waals surface area contributed by atoms with Crippen molar-refractivity contribution in [2.75, 3.05) is 0 Å². The lowest BCUT2D eigenvalue weighted by atomic mass is 9.87. The number of hydrazine groups is 1. The number of carbonyl (C=O) groups is 1. The molecular formula is C12H18N2O2. The molecule has 1 rings (SSSR count). The minimum absolute atomic E-state index is 0.144. The second-order valence-electron chi connectivity index (χ2n) is 4.73. The van der Waals surface area contributed by atoms with Gasteiger partial charge in [-0.1, -0.05) is 45.0 Å². The molecule has 4 heteroatoms. The van der Waals surface area contributed by atoms with Gasteiger partial charge in [-0.05, 0) is 16.5 Å². The van der Waals surface area contributed by atoms with E-state index in [-0.39, 0.29) is 5.41 Å². The van der Waals surface area contributed by atoms with Crippen LogP contribution in [0.2, 0.25) is 0 Å². The minimum Gasteiger partial charge on any atom is -0.464 e.